The van der Waals surface area contributed by atoms with E-state index in [1.165, 1.54) is 6.07 Å². The number of halogens is 2. The van der Waals surface area contributed by atoms with Crippen molar-refractivity contribution in [3.05, 3.63) is 52.9 Å². The fraction of sp³-hybridized carbons (Fsp3) is 0.333. The van der Waals surface area contributed by atoms with Gasteiger partial charge in [-0.15, -0.1) is 0 Å². The fourth-order valence-corrected chi connectivity index (χ4v) is 2.67. The molecule has 0 N–H and O–H groups in total. The number of amides is 1. The average molecular weight is 291 g/mol. The molecule has 21 heavy (non-hydrogen) atoms. The zero-order chi connectivity index (χ0) is 15.0. The Hall–Kier alpha value is -2.24. The highest BCUT2D eigenvalue weighted by molar-refractivity contribution is 5.94. The zero-order valence-electron chi connectivity index (χ0n) is 11.6. The predicted octanol–water partition coefficient (Wildman–Crippen LogP) is 2.29. The molecule has 1 aliphatic rings. The largest absolute Gasteiger partial charge is 0.334 e. The van der Waals surface area contributed by atoms with Gasteiger partial charge in [-0.2, -0.15) is 5.10 Å². The highest BCUT2D eigenvalue weighted by Gasteiger charge is 2.22. The Bertz CT molecular complexity index is 696. The van der Waals surface area contributed by atoms with Crippen molar-refractivity contribution in [2.45, 2.75) is 19.4 Å². The molecule has 1 aromatic carbocycles. The number of hydrogen-bond acceptors (Lipinski definition) is 2. The van der Waals surface area contributed by atoms with Gasteiger partial charge in [0.2, 0.25) is 0 Å². The van der Waals surface area contributed by atoms with Gasteiger partial charge in [0.15, 0.2) is 11.6 Å². The number of fused-ring (bicyclic) bond motifs is 1. The van der Waals surface area contributed by atoms with E-state index >= 15 is 0 Å². The third-order valence-electron chi connectivity index (χ3n) is 3.80. The van der Waals surface area contributed by atoms with Gasteiger partial charge in [-0.3, -0.25) is 9.48 Å². The van der Waals surface area contributed by atoms with E-state index in [2.05, 4.69) is 5.10 Å². The van der Waals surface area contributed by atoms with Crippen LogP contribution in [-0.4, -0.2) is 27.1 Å². The second kappa shape index (κ2) is 5.27. The highest BCUT2D eigenvalue weighted by Crippen LogP contribution is 2.20. The molecule has 3 rings (SSSR count). The molecule has 1 aliphatic heterocycles. The lowest BCUT2D eigenvalue weighted by Crippen LogP contribution is -2.30. The summed E-state index contributed by atoms with van der Waals surface area (Å²) in [5, 5.41) is 4.20. The van der Waals surface area contributed by atoms with E-state index < -0.39 is 11.6 Å². The number of hydrogen-bond donors (Lipinski definition) is 0. The summed E-state index contributed by atoms with van der Waals surface area (Å²) in [6.07, 6.45) is 3.43. The Morgan fingerprint density at radius 1 is 1.29 bits per heavy atom. The van der Waals surface area contributed by atoms with Gasteiger partial charge in [0.25, 0.3) is 5.91 Å². The van der Waals surface area contributed by atoms with Crippen LogP contribution in [0.4, 0.5) is 8.78 Å². The SMILES string of the molecule is Cn1ncc2c1CCCN(C(=O)c1ccc(F)c(F)c1)C2. The molecule has 0 atom stereocenters. The standard InChI is InChI=1S/C15H15F2N3O/c1-19-14-3-2-6-20(9-11(14)8-18-19)15(21)10-4-5-12(16)13(17)7-10/h4-5,7-8H,2-3,6,9H2,1H3. The quantitative estimate of drug-likeness (QED) is 0.808. The van der Waals surface area contributed by atoms with Crippen LogP contribution < -0.4 is 0 Å². The van der Waals surface area contributed by atoms with Crippen molar-refractivity contribution in [2.24, 2.45) is 7.05 Å². The lowest BCUT2D eigenvalue weighted by Gasteiger charge is -2.20. The van der Waals surface area contributed by atoms with Crippen LogP contribution in [0.2, 0.25) is 0 Å². The first-order chi connectivity index (χ1) is 10.1. The number of aromatic nitrogens is 2. The first-order valence-corrected chi connectivity index (χ1v) is 6.80. The number of aryl methyl sites for hydroxylation is 1. The van der Waals surface area contributed by atoms with Gasteiger partial charge in [0.1, 0.15) is 0 Å². The number of rotatable bonds is 1. The summed E-state index contributed by atoms with van der Waals surface area (Å²) in [6.45, 7) is 1.04. The summed E-state index contributed by atoms with van der Waals surface area (Å²) >= 11 is 0. The Kier molecular flexibility index (Phi) is 3.45. The maximum Gasteiger partial charge on any atom is 0.254 e. The summed E-state index contributed by atoms with van der Waals surface area (Å²) in [4.78, 5) is 14.1. The molecule has 0 aliphatic carbocycles. The van der Waals surface area contributed by atoms with Gasteiger partial charge >= 0.3 is 0 Å². The molecule has 6 heteroatoms. The molecule has 0 saturated heterocycles. The minimum atomic E-state index is -1.00. The molecule has 1 aromatic heterocycles. The Morgan fingerprint density at radius 3 is 2.86 bits per heavy atom. The number of carbonyl (C=O) groups excluding carboxylic acids is 1. The molecule has 1 amide bonds. The summed E-state index contributed by atoms with van der Waals surface area (Å²) in [5.41, 5.74) is 2.29. The van der Waals surface area contributed by atoms with E-state index in [0.29, 0.717) is 13.1 Å². The summed E-state index contributed by atoms with van der Waals surface area (Å²) in [6, 6.07) is 3.25. The molecule has 0 spiro atoms. The van der Waals surface area contributed by atoms with Crippen LogP contribution in [0.3, 0.4) is 0 Å². The first kappa shape index (κ1) is 13.7. The zero-order valence-corrected chi connectivity index (χ0v) is 11.6. The molecule has 0 radical (unpaired) electrons. The van der Waals surface area contributed by atoms with Crippen LogP contribution in [0.5, 0.6) is 0 Å². The van der Waals surface area contributed by atoms with Gasteiger partial charge < -0.3 is 4.90 Å². The van der Waals surface area contributed by atoms with Crippen LogP contribution in [0.1, 0.15) is 28.0 Å². The Balaban J connectivity index is 1.86. The topological polar surface area (TPSA) is 38.1 Å². The summed E-state index contributed by atoms with van der Waals surface area (Å²) < 4.78 is 28.0. The van der Waals surface area contributed by atoms with E-state index in [4.69, 9.17) is 0 Å². The minimum absolute atomic E-state index is 0.168. The monoisotopic (exact) mass is 291 g/mol. The second-order valence-electron chi connectivity index (χ2n) is 5.20. The Morgan fingerprint density at radius 2 is 2.10 bits per heavy atom. The molecule has 0 unspecified atom stereocenters. The molecular weight excluding hydrogens is 276 g/mol. The van der Waals surface area contributed by atoms with E-state index in [9.17, 15) is 13.6 Å². The number of benzene rings is 1. The molecule has 0 fully saturated rings. The molecule has 2 aromatic rings. The molecule has 0 bridgehead atoms. The van der Waals surface area contributed by atoms with Crippen molar-refractivity contribution in [1.29, 1.82) is 0 Å². The molecular formula is C15H15F2N3O. The molecule has 4 nitrogen and oxygen atoms in total. The van der Waals surface area contributed by atoms with Crippen molar-refractivity contribution >= 4 is 5.91 Å². The lowest BCUT2D eigenvalue weighted by molar-refractivity contribution is 0.0745. The van der Waals surface area contributed by atoms with Crippen LogP contribution in [0.25, 0.3) is 0 Å². The van der Waals surface area contributed by atoms with Crippen LogP contribution in [0.15, 0.2) is 24.4 Å². The molecule has 2 heterocycles. The number of carbonyl (C=O) groups is 1. The van der Waals surface area contributed by atoms with Gasteiger partial charge in [-0.1, -0.05) is 0 Å². The van der Waals surface area contributed by atoms with Crippen molar-refractivity contribution in [2.75, 3.05) is 6.54 Å². The van der Waals surface area contributed by atoms with Gasteiger partial charge in [0, 0.05) is 37.0 Å². The van der Waals surface area contributed by atoms with Crippen molar-refractivity contribution in [1.82, 2.24) is 14.7 Å². The maximum absolute atomic E-state index is 13.3. The predicted molar refractivity (Wildman–Crippen MR) is 72.6 cm³/mol. The molecule has 0 saturated carbocycles. The van der Waals surface area contributed by atoms with E-state index in [1.807, 2.05) is 11.7 Å². The van der Waals surface area contributed by atoms with Gasteiger partial charge in [0.05, 0.1) is 6.20 Å². The van der Waals surface area contributed by atoms with Crippen molar-refractivity contribution in [3.8, 4) is 0 Å². The van der Waals surface area contributed by atoms with Crippen molar-refractivity contribution in [3.63, 3.8) is 0 Å². The van der Waals surface area contributed by atoms with E-state index in [1.54, 1.807) is 11.1 Å². The van der Waals surface area contributed by atoms with Crippen molar-refractivity contribution < 1.29 is 13.6 Å². The third kappa shape index (κ3) is 2.53. The van der Waals surface area contributed by atoms with Crippen LogP contribution in [0, 0.1) is 11.6 Å². The van der Waals surface area contributed by atoms with Crippen LogP contribution in [-0.2, 0) is 20.0 Å². The van der Waals surface area contributed by atoms with E-state index in [0.717, 1.165) is 36.2 Å². The van der Waals surface area contributed by atoms with Gasteiger partial charge in [-0.05, 0) is 31.0 Å². The fourth-order valence-electron chi connectivity index (χ4n) is 2.67. The van der Waals surface area contributed by atoms with Crippen LogP contribution >= 0.6 is 0 Å². The highest BCUT2D eigenvalue weighted by atomic mass is 19.2. The lowest BCUT2D eigenvalue weighted by atomic mass is 10.1. The first-order valence-electron chi connectivity index (χ1n) is 6.80. The normalized spacial score (nSPS) is 14.7. The number of nitrogens with zero attached hydrogens (tertiary/aromatic N) is 3. The average Bonchev–Trinajstić information content (AvgIpc) is 2.70. The summed E-state index contributed by atoms with van der Waals surface area (Å²) in [7, 11) is 1.88. The third-order valence-corrected chi connectivity index (χ3v) is 3.80. The second-order valence-corrected chi connectivity index (χ2v) is 5.20. The summed E-state index contributed by atoms with van der Waals surface area (Å²) in [5.74, 6) is -2.24. The smallest absolute Gasteiger partial charge is 0.254 e. The Labute approximate surface area is 121 Å². The van der Waals surface area contributed by atoms with Gasteiger partial charge in [-0.25, -0.2) is 8.78 Å². The van der Waals surface area contributed by atoms with E-state index in [-0.39, 0.29) is 11.5 Å². The molecule has 110 valence electrons. The maximum atomic E-state index is 13.3. The minimum Gasteiger partial charge on any atom is -0.334 e.